The van der Waals surface area contributed by atoms with Gasteiger partial charge in [-0.1, -0.05) is 12.1 Å². The molecule has 0 aliphatic rings. The standard InChI is InChI=1S/C13H13F3N2O2/c14-13(15,16)11-3-1-2-4-12(11)20-8-10(19)7-18-6-5-17-9-18/h1-6,9-10,19H,7-8H2/t10-/m0/s1. The Hall–Kier alpha value is -2.02. The smallest absolute Gasteiger partial charge is 0.419 e. The molecule has 0 aliphatic heterocycles. The first-order valence-electron chi connectivity index (χ1n) is 5.89. The minimum absolute atomic E-state index is 0.203. The predicted octanol–water partition coefficient (Wildman–Crippen LogP) is 2.34. The van der Waals surface area contributed by atoms with Gasteiger partial charge in [0, 0.05) is 12.4 Å². The third-order valence-electron chi connectivity index (χ3n) is 2.60. The van der Waals surface area contributed by atoms with Gasteiger partial charge in [0.15, 0.2) is 0 Å². The van der Waals surface area contributed by atoms with Crippen molar-refractivity contribution in [3.8, 4) is 5.75 Å². The first-order chi connectivity index (χ1) is 9.47. The van der Waals surface area contributed by atoms with Gasteiger partial charge in [0.1, 0.15) is 18.5 Å². The molecule has 0 amide bonds. The van der Waals surface area contributed by atoms with Gasteiger partial charge in [0.05, 0.1) is 18.4 Å². The fraction of sp³-hybridized carbons (Fsp3) is 0.308. The molecule has 108 valence electrons. The molecule has 0 fully saturated rings. The highest BCUT2D eigenvalue weighted by molar-refractivity contribution is 5.35. The fourth-order valence-corrected chi connectivity index (χ4v) is 1.70. The Morgan fingerprint density at radius 3 is 2.70 bits per heavy atom. The van der Waals surface area contributed by atoms with E-state index in [0.29, 0.717) is 0 Å². The molecule has 0 spiro atoms. The summed E-state index contributed by atoms with van der Waals surface area (Å²) in [6, 6.07) is 4.91. The number of imidazole rings is 1. The van der Waals surface area contributed by atoms with Crippen molar-refractivity contribution in [2.45, 2.75) is 18.8 Å². The van der Waals surface area contributed by atoms with E-state index in [0.717, 1.165) is 6.07 Å². The number of para-hydroxylation sites is 1. The summed E-state index contributed by atoms with van der Waals surface area (Å²) in [5, 5.41) is 9.72. The molecule has 1 aromatic heterocycles. The van der Waals surface area contributed by atoms with Gasteiger partial charge in [-0.15, -0.1) is 0 Å². The molecule has 1 atom stereocenters. The van der Waals surface area contributed by atoms with Crippen molar-refractivity contribution >= 4 is 0 Å². The van der Waals surface area contributed by atoms with Gasteiger partial charge in [-0.25, -0.2) is 4.98 Å². The molecule has 0 saturated heterocycles. The van der Waals surface area contributed by atoms with Crippen LogP contribution in [0.4, 0.5) is 13.2 Å². The minimum atomic E-state index is -4.48. The summed E-state index contributed by atoms with van der Waals surface area (Å²) in [5.41, 5.74) is -0.852. The van der Waals surface area contributed by atoms with Gasteiger partial charge < -0.3 is 14.4 Å². The zero-order chi connectivity index (χ0) is 14.6. The van der Waals surface area contributed by atoms with Gasteiger partial charge >= 0.3 is 6.18 Å². The summed E-state index contributed by atoms with van der Waals surface area (Å²) < 4.78 is 44.9. The number of nitrogens with zero attached hydrogens (tertiary/aromatic N) is 2. The maximum atomic E-state index is 12.7. The largest absolute Gasteiger partial charge is 0.490 e. The van der Waals surface area contributed by atoms with Crippen molar-refractivity contribution in [1.82, 2.24) is 9.55 Å². The van der Waals surface area contributed by atoms with Crippen LogP contribution in [0.1, 0.15) is 5.56 Å². The van der Waals surface area contributed by atoms with Gasteiger partial charge in [-0.3, -0.25) is 0 Å². The molecule has 0 radical (unpaired) electrons. The normalized spacial score (nSPS) is 13.2. The van der Waals surface area contributed by atoms with Crippen LogP contribution in [0.15, 0.2) is 43.0 Å². The third kappa shape index (κ3) is 3.74. The molecular formula is C13H13F3N2O2. The topological polar surface area (TPSA) is 47.3 Å². The van der Waals surface area contributed by atoms with E-state index < -0.39 is 17.8 Å². The minimum Gasteiger partial charge on any atom is -0.490 e. The molecular weight excluding hydrogens is 273 g/mol. The molecule has 1 N–H and O–H groups in total. The Balaban J connectivity index is 1.97. The first kappa shape index (κ1) is 14.4. The molecule has 0 bridgehead atoms. The number of halogens is 3. The molecule has 20 heavy (non-hydrogen) atoms. The second-order valence-corrected chi connectivity index (χ2v) is 4.22. The maximum absolute atomic E-state index is 12.7. The van der Waals surface area contributed by atoms with E-state index in [4.69, 9.17) is 4.74 Å². The van der Waals surface area contributed by atoms with E-state index in [2.05, 4.69) is 4.98 Å². The van der Waals surface area contributed by atoms with Crippen LogP contribution in [-0.2, 0) is 12.7 Å². The summed E-state index contributed by atoms with van der Waals surface area (Å²) in [4.78, 5) is 3.80. The highest BCUT2D eigenvalue weighted by atomic mass is 19.4. The molecule has 2 aromatic rings. The van der Waals surface area contributed by atoms with Crippen LogP contribution in [0, 0.1) is 0 Å². The lowest BCUT2D eigenvalue weighted by Crippen LogP contribution is -2.23. The number of alkyl halides is 3. The highest BCUT2D eigenvalue weighted by Crippen LogP contribution is 2.35. The zero-order valence-corrected chi connectivity index (χ0v) is 10.4. The van der Waals surface area contributed by atoms with Gasteiger partial charge in [0.2, 0.25) is 0 Å². The van der Waals surface area contributed by atoms with Crippen molar-refractivity contribution in [2.24, 2.45) is 0 Å². The van der Waals surface area contributed by atoms with E-state index in [1.807, 2.05) is 0 Å². The van der Waals surface area contributed by atoms with Crippen LogP contribution in [0.5, 0.6) is 5.75 Å². The lowest BCUT2D eigenvalue weighted by Gasteiger charge is -2.16. The van der Waals surface area contributed by atoms with Crippen LogP contribution >= 0.6 is 0 Å². The van der Waals surface area contributed by atoms with Crippen molar-refractivity contribution < 1.29 is 23.0 Å². The number of ether oxygens (including phenoxy) is 1. The van der Waals surface area contributed by atoms with E-state index in [-0.39, 0.29) is 18.9 Å². The Kier molecular flexibility index (Phi) is 4.29. The Morgan fingerprint density at radius 2 is 2.05 bits per heavy atom. The van der Waals surface area contributed by atoms with Crippen LogP contribution in [-0.4, -0.2) is 27.4 Å². The summed E-state index contributed by atoms with van der Waals surface area (Å²) in [6.45, 7) is -0.0283. The summed E-state index contributed by atoms with van der Waals surface area (Å²) in [6.07, 6.45) is -0.705. The van der Waals surface area contributed by atoms with Crippen LogP contribution < -0.4 is 4.74 Å². The number of hydrogen-bond acceptors (Lipinski definition) is 3. The van der Waals surface area contributed by atoms with E-state index >= 15 is 0 Å². The molecule has 0 unspecified atom stereocenters. The van der Waals surface area contributed by atoms with E-state index in [1.165, 1.54) is 24.5 Å². The number of hydrogen-bond donors (Lipinski definition) is 1. The molecule has 1 heterocycles. The Morgan fingerprint density at radius 1 is 1.30 bits per heavy atom. The fourth-order valence-electron chi connectivity index (χ4n) is 1.70. The first-order valence-corrected chi connectivity index (χ1v) is 5.89. The number of rotatable bonds is 5. The van der Waals surface area contributed by atoms with Crippen LogP contribution in [0.3, 0.4) is 0 Å². The number of aromatic nitrogens is 2. The highest BCUT2D eigenvalue weighted by Gasteiger charge is 2.34. The van der Waals surface area contributed by atoms with Crippen molar-refractivity contribution in [3.63, 3.8) is 0 Å². The SMILES string of the molecule is O[C@H](COc1ccccc1C(F)(F)F)Cn1ccnc1. The summed E-state index contributed by atoms with van der Waals surface area (Å²) in [7, 11) is 0. The van der Waals surface area contributed by atoms with Crippen LogP contribution in [0.2, 0.25) is 0 Å². The molecule has 0 aliphatic carbocycles. The lowest BCUT2D eigenvalue weighted by atomic mass is 10.2. The lowest BCUT2D eigenvalue weighted by molar-refractivity contribution is -0.139. The second kappa shape index (κ2) is 5.96. The number of aliphatic hydroxyl groups is 1. The quantitative estimate of drug-likeness (QED) is 0.917. The van der Waals surface area contributed by atoms with Crippen molar-refractivity contribution in [1.29, 1.82) is 0 Å². The Bertz CT molecular complexity index is 541. The average molecular weight is 286 g/mol. The summed E-state index contributed by atoms with van der Waals surface area (Å²) >= 11 is 0. The average Bonchev–Trinajstić information content (AvgIpc) is 2.88. The number of benzene rings is 1. The third-order valence-corrected chi connectivity index (χ3v) is 2.60. The van der Waals surface area contributed by atoms with Gasteiger partial charge in [-0.05, 0) is 12.1 Å². The summed E-state index contributed by atoms with van der Waals surface area (Å²) in [5.74, 6) is -0.287. The zero-order valence-electron chi connectivity index (χ0n) is 10.4. The van der Waals surface area contributed by atoms with Crippen molar-refractivity contribution in [3.05, 3.63) is 48.5 Å². The van der Waals surface area contributed by atoms with E-state index in [1.54, 1.807) is 17.0 Å². The second-order valence-electron chi connectivity index (χ2n) is 4.22. The van der Waals surface area contributed by atoms with Crippen LogP contribution in [0.25, 0.3) is 0 Å². The molecule has 1 aromatic carbocycles. The van der Waals surface area contributed by atoms with E-state index in [9.17, 15) is 18.3 Å². The molecule has 7 heteroatoms. The monoisotopic (exact) mass is 286 g/mol. The molecule has 0 saturated carbocycles. The number of aliphatic hydroxyl groups excluding tert-OH is 1. The van der Waals surface area contributed by atoms with Gasteiger partial charge in [-0.2, -0.15) is 13.2 Å². The maximum Gasteiger partial charge on any atom is 0.419 e. The molecule has 2 rings (SSSR count). The molecule has 4 nitrogen and oxygen atoms in total. The predicted molar refractivity (Wildman–Crippen MR) is 65.2 cm³/mol. The van der Waals surface area contributed by atoms with Gasteiger partial charge in [0.25, 0.3) is 0 Å². The Labute approximate surface area is 113 Å². The van der Waals surface area contributed by atoms with Crippen molar-refractivity contribution in [2.75, 3.05) is 6.61 Å².